The maximum Gasteiger partial charge on any atom is 0.225 e. The number of nitrogens with one attached hydrogen (secondary N) is 2. The molecule has 1 unspecified atom stereocenters. The number of likely N-dealkylation sites (tertiary alicyclic amines) is 2. The summed E-state index contributed by atoms with van der Waals surface area (Å²) in [5.41, 5.74) is 0.297. The highest BCUT2D eigenvalue weighted by Crippen LogP contribution is 2.35. The van der Waals surface area contributed by atoms with Crippen molar-refractivity contribution in [2.24, 2.45) is 10.9 Å². The first kappa shape index (κ1) is 24.7. The van der Waals surface area contributed by atoms with E-state index < -0.39 is 0 Å². The maximum absolute atomic E-state index is 12.2. The van der Waals surface area contributed by atoms with E-state index in [0.717, 1.165) is 32.0 Å². The Morgan fingerprint density at radius 1 is 1.07 bits per heavy atom. The van der Waals surface area contributed by atoms with Crippen LogP contribution in [-0.4, -0.2) is 73.0 Å². The molecule has 2 N–H and O–H groups in total. The van der Waals surface area contributed by atoms with Gasteiger partial charge in [-0.2, -0.15) is 0 Å². The van der Waals surface area contributed by atoms with Gasteiger partial charge in [0.1, 0.15) is 0 Å². The summed E-state index contributed by atoms with van der Waals surface area (Å²) in [6.07, 6.45) is 11.7. The van der Waals surface area contributed by atoms with E-state index in [4.69, 9.17) is 0 Å². The summed E-state index contributed by atoms with van der Waals surface area (Å²) in [4.78, 5) is 21.5. The summed E-state index contributed by atoms with van der Waals surface area (Å²) in [5.74, 6) is 1.23. The Bertz CT molecular complexity index is 541. The van der Waals surface area contributed by atoms with E-state index in [1.165, 1.54) is 64.5 Å². The second-order valence-electron chi connectivity index (χ2n) is 9.33. The second kappa shape index (κ2) is 11.7. The lowest BCUT2D eigenvalue weighted by molar-refractivity contribution is -0.133. The van der Waals surface area contributed by atoms with Crippen LogP contribution in [-0.2, 0) is 4.79 Å². The number of piperidine rings is 1. The molecule has 0 radical (unpaired) electrons. The quantitative estimate of drug-likeness (QED) is 0.333. The SMILES string of the molecule is CN=C(NCC1(N2CCCCC2)CCCCC1)NC1CCN(C(=O)C(C)C)C1.I. The molecule has 0 bridgehead atoms. The molecule has 1 amide bonds. The molecule has 29 heavy (non-hydrogen) atoms. The van der Waals surface area contributed by atoms with Gasteiger partial charge >= 0.3 is 0 Å². The molecule has 2 saturated heterocycles. The Morgan fingerprint density at radius 2 is 1.72 bits per heavy atom. The Labute approximate surface area is 194 Å². The molecule has 1 saturated carbocycles. The molecular formula is C22H42IN5O. The average molecular weight is 520 g/mol. The minimum Gasteiger partial charge on any atom is -0.355 e. The number of guanidine groups is 1. The highest BCUT2D eigenvalue weighted by atomic mass is 127. The van der Waals surface area contributed by atoms with Gasteiger partial charge in [-0.3, -0.25) is 14.7 Å². The largest absolute Gasteiger partial charge is 0.355 e. The lowest BCUT2D eigenvalue weighted by Gasteiger charge is -2.48. The van der Waals surface area contributed by atoms with Gasteiger partial charge in [-0.25, -0.2) is 0 Å². The smallest absolute Gasteiger partial charge is 0.225 e. The summed E-state index contributed by atoms with van der Waals surface area (Å²) in [6.45, 7) is 9.08. The van der Waals surface area contributed by atoms with Gasteiger partial charge in [-0.15, -0.1) is 24.0 Å². The maximum atomic E-state index is 12.2. The normalized spacial score (nSPS) is 25.6. The van der Waals surface area contributed by atoms with Crippen LogP contribution >= 0.6 is 24.0 Å². The van der Waals surface area contributed by atoms with Gasteiger partial charge in [-0.05, 0) is 45.2 Å². The summed E-state index contributed by atoms with van der Waals surface area (Å²) >= 11 is 0. The van der Waals surface area contributed by atoms with Crippen molar-refractivity contribution >= 4 is 35.8 Å². The third kappa shape index (κ3) is 6.45. The number of carbonyl (C=O) groups is 1. The lowest BCUT2D eigenvalue weighted by atomic mass is 9.79. The van der Waals surface area contributed by atoms with Gasteiger partial charge in [0.15, 0.2) is 5.96 Å². The number of halogens is 1. The molecule has 0 spiro atoms. The average Bonchev–Trinajstić information content (AvgIpc) is 3.20. The van der Waals surface area contributed by atoms with Crippen molar-refractivity contribution in [3.63, 3.8) is 0 Å². The lowest BCUT2D eigenvalue weighted by Crippen LogP contribution is -2.59. The minimum atomic E-state index is 0. The van der Waals surface area contributed by atoms with Crippen molar-refractivity contribution in [2.75, 3.05) is 39.8 Å². The fourth-order valence-corrected chi connectivity index (χ4v) is 5.26. The van der Waals surface area contributed by atoms with Gasteiger partial charge in [0.2, 0.25) is 5.91 Å². The van der Waals surface area contributed by atoms with E-state index in [1.807, 2.05) is 25.8 Å². The van der Waals surface area contributed by atoms with E-state index in [0.29, 0.717) is 11.6 Å². The molecule has 1 aliphatic carbocycles. The molecule has 0 aromatic rings. The number of amides is 1. The zero-order valence-electron chi connectivity index (χ0n) is 18.7. The van der Waals surface area contributed by atoms with Crippen LogP contribution < -0.4 is 10.6 Å². The number of hydrogen-bond donors (Lipinski definition) is 2. The first-order valence-electron chi connectivity index (χ1n) is 11.5. The monoisotopic (exact) mass is 519 g/mol. The number of aliphatic imine (C=N–C) groups is 1. The van der Waals surface area contributed by atoms with Gasteiger partial charge in [0.05, 0.1) is 0 Å². The van der Waals surface area contributed by atoms with Crippen molar-refractivity contribution in [2.45, 2.75) is 83.2 Å². The highest BCUT2D eigenvalue weighted by molar-refractivity contribution is 14.0. The Kier molecular flexibility index (Phi) is 9.98. The fourth-order valence-electron chi connectivity index (χ4n) is 5.26. The van der Waals surface area contributed by atoms with Crippen LogP contribution in [0.5, 0.6) is 0 Å². The Morgan fingerprint density at radius 3 is 2.34 bits per heavy atom. The Balaban J connectivity index is 0.00000300. The molecule has 2 aliphatic heterocycles. The predicted octanol–water partition coefficient (Wildman–Crippen LogP) is 3.22. The van der Waals surface area contributed by atoms with E-state index >= 15 is 0 Å². The van der Waals surface area contributed by atoms with E-state index in [2.05, 4.69) is 20.5 Å². The van der Waals surface area contributed by atoms with Gasteiger partial charge < -0.3 is 15.5 Å². The molecule has 0 aromatic carbocycles. The summed E-state index contributed by atoms with van der Waals surface area (Å²) in [7, 11) is 1.86. The zero-order valence-corrected chi connectivity index (χ0v) is 21.0. The van der Waals surface area contributed by atoms with Crippen LogP contribution in [0.2, 0.25) is 0 Å². The van der Waals surface area contributed by atoms with Crippen molar-refractivity contribution < 1.29 is 4.79 Å². The highest BCUT2D eigenvalue weighted by Gasteiger charge is 2.38. The third-order valence-corrected chi connectivity index (χ3v) is 6.95. The van der Waals surface area contributed by atoms with Crippen LogP contribution in [0.4, 0.5) is 0 Å². The molecule has 3 rings (SSSR count). The van der Waals surface area contributed by atoms with Crippen LogP contribution in [0.25, 0.3) is 0 Å². The minimum absolute atomic E-state index is 0. The van der Waals surface area contributed by atoms with E-state index in [1.54, 1.807) is 0 Å². The first-order valence-corrected chi connectivity index (χ1v) is 11.5. The predicted molar refractivity (Wildman–Crippen MR) is 131 cm³/mol. The van der Waals surface area contributed by atoms with E-state index in [9.17, 15) is 4.79 Å². The number of nitrogens with zero attached hydrogens (tertiary/aromatic N) is 3. The van der Waals surface area contributed by atoms with Crippen LogP contribution in [0.3, 0.4) is 0 Å². The van der Waals surface area contributed by atoms with Crippen molar-refractivity contribution in [3.05, 3.63) is 0 Å². The fraction of sp³-hybridized carbons (Fsp3) is 0.909. The zero-order chi connectivity index (χ0) is 20.0. The molecule has 7 heteroatoms. The van der Waals surface area contributed by atoms with Crippen LogP contribution in [0.15, 0.2) is 4.99 Å². The Hall–Kier alpha value is -0.570. The summed E-state index contributed by atoms with van der Waals surface area (Å²) in [6, 6.07) is 0.297. The van der Waals surface area contributed by atoms with Gasteiger partial charge in [-0.1, -0.05) is 39.5 Å². The van der Waals surface area contributed by atoms with E-state index in [-0.39, 0.29) is 35.8 Å². The van der Waals surface area contributed by atoms with Gasteiger partial charge in [0, 0.05) is 44.2 Å². The topological polar surface area (TPSA) is 60.0 Å². The molecule has 168 valence electrons. The second-order valence-corrected chi connectivity index (χ2v) is 9.33. The number of rotatable bonds is 5. The summed E-state index contributed by atoms with van der Waals surface area (Å²) in [5, 5.41) is 7.24. The van der Waals surface area contributed by atoms with Crippen LogP contribution in [0.1, 0.15) is 71.6 Å². The van der Waals surface area contributed by atoms with Crippen molar-refractivity contribution in [1.29, 1.82) is 0 Å². The molecule has 6 nitrogen and oxygen atoms in total. The molecular weight excluding hydrogens is 477 g/mol. The van der Waals surface area contributed by atoms with Crippen molar-refractivity contribution in [1.82, 2.24) is 20.4 Å². The molecule has 0 aromatic heterocycles. The standard InChI is InChI=1S/C22H41N5O.HI/c1-18(2)20(28)26-15-10-19(16-26)25-21(23-3)24-17-22(11-6-4-7-12-22)27-13-8-5-9-14-27;/h18-19H,4-17H2,1-3H3,(H2,23,24,25);1H. The number of carbonyl (C=O) groups excluding carboxylic acids is 1. The van der Waals surface area contributed by atoms with Crippen LogP contribution in [0, 0.1) is 5.92 Å². The van der Waals surface area contributed by atoms with Gasteiger partial charge in [0.25, 0.3) is 0 Å². The molecule has 3 aliphatic rings. The third-order valence-electron chi connectivity index (χ3n) is 6.95. The molecule has 1 atom stereocenters. The molecule has 2 heterocycles. The first-order chi connectivity index (χ1) is 13.5. The van der Waals surface area contributed by atoms with Crippen molar-refractivity contribution in [3.8, 4) is 0 Å². The molecule has 3 fully saturated rings. The summed E-state index contributed by atoms with van der Waals surface area (Å²) < 4.78 is 0. The number of hydrogen-bond acceptors (Lipinski definition) is 3.